The Hall–Kier alpha value is -0.860. The third-order valence-corrected chi connectivity index (χ3v) is 5.34. The minimum atomic E-state index is 0.643. The van der Waals surface area contributed by atoms with Gasteiger partial charge >= 0.3 is 0 Å². The van der Waals surface area contributed by atoms with E-state index in [4.69, 9.17) is 0 Å². The molecular formula is C16H21NS. The van der Waals surface area contributed by atoms with Crippen LogP contribution in [0.15, 0.2) is 24.3 Å². The van der Waals surface area contributed by atoms with Gasteiger partial charge in [0.2, 0.25) is 0 Å². The molecule has 18 heavy (non-hydrogen) atoms. The summed E-state index contributed by atoms with van der Waals surface area (Å²) >= 11 is 1.97. The Bertz CT molecular complexity index is 535. The molecule has 1 aliphatic rings. The maximum Gasteiger partial charge on any atom is 0.0348 e. The Morgan fingerprint density at radius 1 is 1.17 bits per heavy atom. The van der Waals surface area contributed by atoms with Crippen LogP contribution in [0.5, 0.6) is 0 Å². The van der Waals surface area contributed by atoms with Crippen LogP contribution < -0.4 is 5.32 Å². The van der Waals surface area contributed by atoms with Gasteiger partial charge in [0, 0.05) is 9.58 Å². The van der Waals surface area contributed by atoms with Crippen LogP contribution in [0.3, 0.4) is 0 Å². The zero-order chi connectivity index (χ0) is 12.5. The standard InChI is InChI=1S/C16H21NS/c1-11(2)15-10-14-4-3-13(9-16(14)18-15)12-5-7-17-8-6-12/h3-4,9-12,17H,5-8H2,1-2H3. The van der Waals surface area contributed by atoms with Crippen LogP contribution in [0, 0.1) is 0 Å². The lowest BCUT2D eigenvalue weighted by atomic mass is 9.90. The highest BCUT2D eigenvalue weighted by molar-refractivity contribution is 7.19. The van der Waals surface area contributed by atoms with E-state index in [0.29, 0.717) is 5.92 Å². The molecule has 1 nitrogen and oxygen atoms in total. The second-order valence-corrected chi connectivity index (χ2v) is 6.74. The molecule has 0 aliphatic carbocycles. The minimum Gasteiger partial charge on any atom is -0.317 e. The van der Waals surface area contributed by atoms with Crippen molar-refractivity contribution in [2.24, 2.45) is 0 Å². The van der Waals surface area contributed by atoms with Gasteiger partial charge in [-0.05, 0) is 60.8 Å². The molecule has 0 radical (unpaired) electrons. The Balaban J connectivity index is 1.94. The average Bonchev–Trinajstić information content (AvgIpc) is 2.82. The summed E-state index contributed by atoms with van der Waals surface area (Å²) in [6.45, 7) is 6.89. The summed E-state index contributed by atoms with van der Waals surface area (Å²) in [5, 5.41) is 4.86. The van der Waals surface area contributed by atoms with Gasteiger partial charge in [-0.2, -0.15) is 0 Å². The second-order valence-electron chi connectivity index (χ2n) is 5.63. The lowest BCUT2D eigenvalue weighted by Gasteiger charge is -2.22. The fraction of sp³-hybridized carbons (Fsp3) is 0.500. The van der Waals surface area contributed by atoms with E-state index >= 15 is 0 Å². The Morgan fingerprint density at radius 2 is 1.94 bits per heavy atom. The average molecular weight is 259 g/mol. The number of hydrogen-bond acceptors (Lipinski definition) is 2. The molecule has 96 valence electrons. The van der Waals surface area contributed by atoms with Crippen molar-refractivity contribution in [2.75, 3.05) is 13.1 Å². The van der Waals surface area contributed by atoms with E-state index in [-0.39, 0.29) is 0 Å². The van der Waals surface area contributed by atoms with Crippen molar-refractivity contribution < 1.29 is 0 Å². The summed E-state index contributed by atoms with van der Waals surface area (Å²) in [6.07, 6.45) is 2.57. The van der Waals surface area contributed by atoms with Crippen LogP contribution in [-0.4, -0.2) is 13.1 Å². The highest BCUT2D eigenvalue weighted by atomic mass is 32.1. The number of hydrogen-bond donors (Lipinski definition) is 1. The summed E-state index contributed by atoms with van der Waals surface area (Å²) in [7, 11) is 0. The highest BCUT2D eigenvalue weighted by Crippen LogP contribution is 2.34. The van der Waals surface area contributed by atoms with Gasteiger partial charge in [0.1, 0.15) is 0 Å². The SMILES string of the molecule is CC(C)c1cc2ccc(C3CCNCC3)cc2s1. The van der Waals surface area contributed by atoms with E-state index in [9.17, 15) is 0 Å². The van der Waals surface area contributed by atoms with Gasteiger partial charge in [-0.25, -0.2) is 0 Å². The molecule has 0 amide bonds. The summed E-state index contributed by atoms with van der Waals surface area (Å²) in [6, 6.07) is 9.45. The Morgan fingerprint density at radius 3 is 2.67 bits per heavy atom. The number of thiophene rings is 1. The summed E-state index contributed by atoms with van der Waals surface area (Å²) in [5.41, 5.74) is 1.54. The van der Waals surface area contributed by atoms with Crippen LogP contribution in [0.25, 0.3) is 10.1 Å². The van der Waals surface area contributed by atoms with E-state index in [1.807, 2.05) is 11.3 Å². The molecule has 1 N–H and O–H groups in total. The zero-order valence-corrected chi connectivity index (χ0v) is 12.0. The largest absolute Gasteiger partial charge is 0.317 e. The third-order valence-electron chi connectivity index (χ3n) is 3.94. The number of benzene rings is 1. The third kappa shape index (κ3) is 2.32. The van der Waals surface area contributed by atoms with Gasteiger partial charge in [-0.15, -0.1) is 11.3 Å². The first kappa shape index (κ1) is 12.2. The summed E-state index contributed by atoms with van der Waals surface area (Å²) in [5.74, 6) is 1.41. The normalized spacial score (nSPS) is 17.7. The molecule has 1 fully saturated rings. The van der Waals surface area contributed by atoms with E-state index in [1.165, 1.54) is 40.9 Å². The van der Waals surface area contributed by atoms with Crippen molar-refractivity contribution >= 4 is 21.4 Å². The Kier molecular flexibility index (Phi) is 3.40. The highest BCUT2D eigenvalue weighted by Gasteiger charge is 2.16. The fourth-order valence-electron chi connectivity index (χ4n) is 2.76. The van der Waals surface area contributed by atoms with E-state index in [1.54, 1.807) is 5.56 Å². The van der Waals surface area contributed by atoms with Gasteiger partial charge in [0.25, 0.3) is 0 Å². The molecule has 2 heteroatoms. The summed E-state index contributed by atoms with van der Waals surface area (Å²) in [4.78, 5) is 1.51. The van der Waals surface area contributed by atoms with Crippen LogP contribution in [-0.2, 0) is 0 Å². The van der Waals surface area contributed by atoms with Gasteiger partial charge in [0.15, 0.2) is 0 Å². The van der Waals surface area contributed by atoms with Crippen molar-refractivity contribution in [3.63, 3.8) is 0 Å². The summed E-state index contributed by atoms with van der Waals surface area (Å²) < 4.78 is 1.47. The zero-order valence-electron chi connectivity index (χ0n) is 11.2. The van der Waals surface area contributed by atoms with Crippen LogP contribution >= 0.6 is 11.3 Å². The maximum absolute atomic E-state index is 3.44. The second kappa shape index (κ2) is 5.02. The molecule has 3 rings (SSSR count). The number of rotatable bonds is 2. The molecular weight excluding hydrogens is 238 g/mol. The first-order valence-electron chi connectivity index (χ1n) is 6.98. The molecule has 2 heterocycles. The van der Waals surface area contributed by atoms with Gasteiger partial charge in [-0.1, -0.05) is 26.0 Å². The predicted octanol–water partition coefficient (Wildman–Crippen LogP) is 4.49. The predicted molar refractivity (Wildman–Crippen MR) is 80.8 cm³/mol. The van der Waals surface area contributed by atoms with Crippen molar-refractivity contribution in [3.8, 4) is 0 Å². The van der Waals surface area contributed by atoms with Crippen molar-refractivity contribution in [2.45, 2.75) is 38.5 Å². The number of fused-ring (bicyclic) bond motifs is 1. The first-order valence-corrected chi connectivity index (χ1v) is 7.80. The van der Waals surface area contributed by atoms with Crippen molar-refractivity contribution in [3.05, 3.63) is 34.7 Å². The fourth-order valence-corrected chi connectivity index (χ4v) is 3.88. The van der Waals surface area contributed by atoms with E-state index in [2.05, 4.69) is 43.4 Å². The molecule has 0 atom stereocenters. The van der Waals surface area contributed by atoms with E-state index in [0.717, 1.165) is 5.92 Å². The van der Waals surface area contributed by atoms with E-state index < -0.39 is 0 Å². The Labute approximate surface area is 113 Å². The van der Waals surface area contributed by atoms with Crippen LogP contribution in [0.4, 0.5) is 0 Å². The van der Waals surface area contributed by atoms with Gasteiger partial charge in [-0.3, -0.25) is 0 Å². The molecule has 0 saturated carbocycles. The van der Waals surface area contributed by atoms with Crippen LogP contribution in [0.1, 0.15) is 49.0 Å². The maximum atomic E-state index is 3.44. The topological polar surface area (TPSA) is 12.0 Å². The molecule has 0 spiro atoms. The van der Waals surface area contributed by atoms with Gasteiger partial charge in [0.05, 0.1) is 0 Å². The lowest BCUT2D eigenvalue weighted by molar-refractivity contribution is 0.461. The monoisotopic (exact) mass is 259 g/mol. The smallest absolute Gasteiger partial charge is 0.0348 e. The molecule has 1 saturated heterocycles. The van der Waals surface area contributed by atoms with Crippen LogP contribution in [0.2, 0.25) is 0 Å². The number of piperidine rings is 1. The number of nitrogens with one attached hydrogen (secondary N) is 1. The van der Waals surface area contributed by atoms with Gasteiger partial charge < -0.3 is 5.32 Å². The first-order chi connectivity index (χ1) is 8.74. The molecule has 0 bridgehead atoms. The minimum absolute atomic E-state index is 0.643. The molecule has 1 aliphatic heterocycles. The molecule has 0 unspecified atom stereocenters. The lowest BCUT2D eigenvalue weighted by Crippen LogP contribution is -2.26. The van der Waals surface area contributed by atoms with Crippen molar-refractivity contribution in [1.29, 1.82) is 0 Å². The van der Waals surface area contributed by atoms with Crippen molar-refractivity contribution in [1.82, 2.24) is 5.32 Å². The molecule has 1 aromatic heterocycles. The molecule has 1 aromatic carbocycles. The quantitative estimate of drug-likeness (QED) is 0.837. The molecule has 2 aromatic rings.